The summed E-state index contributed by atoms with van der Waals surface area (Å²) < 4.78 is 2.02. The SMILES string of the molecule is CCCNc1cn2ccnc2c(NC2CC2(C)C)n1. The number of aromatic nitrogens is 3. The maximum atomic E-state index is 4.65. The van der Waals surface area contributed by atoms with Gasteiger partial charge < -0.3 is 15.0 Å². The highest BCUT2D eigenvalue weighted by atomic mass is 15.2. The maximum absolute atomic E-state index is 4.65. The topological polar surface area (TPSA) is 54.2 Å². The largest absolute Gasteiger partial charge is 0.369 e. The monoisotopic (exact) mass is 259 g/mol. The van der Waals surface area contributed by atoms with Gasteiger partial charge in [-0.3, -0.25) is 0 Å². The van der Waals surface area contributed by atoms with Crippen LogP contribution >= 0.6 is 0 Å². The van der Waals surface area contributed by atoms with E-state index in [1.807, 2.05) is 23.0 Å². The molecule has 0 bridgehead atoms. The van der Waals surface area contributed by atoms with Crippen molar-refractivity contribution in [2.45, 2.75) is 39.7 Å². The lowest BCUT2D eigenvalue weighted by atomic mass is 10.2. The van der Waals surface area contributed by atoms with Crippen molar-refractivity contribution >= 4 is 17.3 Å². The van der Waals surface area contributed by atoms with Crippen LogP contribution in [-0.2, 0) is 0 Å². The molecule has 0 radical (unpaired) electrons. The molecule has 0 aliphatic heterocycles. The Morgan fingerprint density at radius 3 is 2.95 bits per heavy atom. The van der Waals surface area contributed by atoms with Gasteiger partial charge in [-0.15, -0.1) is 0 Å². The number of hydrogen-bond acceptors (Lipinski definition) is 4. The quantitative estimate of drug-likeness (QED) is 0.867. The van der Waals surface area contributed by atoms with Crippen molar-refractivity contribution in [2.24, 2.45) is 5.41 Å². The van der Waals surface area contributed by atoms with Crippen molar-refractivity contribution in [1.29, 1.82) is 0 Å². The predicted octanol–water partition coefficient (Wildman–Crippen LogP) is 2.76. The zero-order valence-corrected chi connectivity index (χ0v) is 11.8. The predicted molar refractivity (Wildman–Crippen MR) is 77.6 cm³/mol. The molecule has 0 aromatic carbocycles. The Hall–Kier alpha value is -1.78. The van der Waals surface area contributed by atoms with Gasteiger partial charge in [-0.05, 0) is 18.3 Å². The second-order valence-corrected chi connectivity index (χ2v) is 5.95. The fraction of sp³-hybridized carbons (Fsp3) is 0.571. The van der Waals surface area contributed by atoms with E-state index in [2.05, 4.69) is 41.4 Å². The first-order valence-electron chi connectivity index (χ1n) is 6.94. The molecule has 5 nitrogen and oxygen atoms in total. The summed E-state index contributed by atoms with van der Waals surface area (Å²) in [6.45, 7) is 7.62. The van der Waals surface area contributed by atoms with Crippen LogP contribution in [0.4, 0.5) is 11.6 Å². The zero-order chi connectivity index (χ0) is 13.5. The Balaban J connectivity index is 1.89. The van der Waals surface area contributed by atoms with Crippen LogP contribution in [0, 0.1) is 5.41 Å². The zero-order valence-electron chi connectivity index (χ0n) is 11.8. The minimum Gasteiger partial charge on any atom is -0.369 e. The van der Waals surface area contributed by atoms with Crippen LogP contribution in [0.2, 0.25) is 0 Å². The van der Waals surface area contributed by atoms with Gasteiger partial charge in [-0.2, -0.15) is 0 Å². The van der Waals surface area contributed by atoms with E-state index in [1.54, 1.807) is 0 Å². The molecule has 2 N–H and O–H groups in total. The Morgan fingerprint density at radius 2 is 2.26 bits per heavy atom. The molecule has 2 aromatic rings. The number of nitrogens with one attached hydrogen (secondary N) is 2. The van der Waals surface area contributed by atoms with E-state index in [4.69, 9.17) is 0 Å². The van der Waals surface area contributed by atoms with Crippen LogP contribution in [0.5, 0.6) is 0 Å². The molecule has 3 rings (SSSR count). The van der Waals surface area contributed by atoms with Gasteiger partial charge in [0.05, 0.1) is 6.20 Å². The van der Waals surface area contributed by atoms with Crippen LogP contribution in [0.1, 0.15) is 33.6 Å². The van der Waals surface area contributed by atoms with Gasteiger partial charge in [-0.1, -0.05) is 20.8 Å². The molecule has 5 heteroatoms. The van der Waals surface area contributed by atoms with Gasteiger partial charge in [-0.25, -0.2) is 9.97 Å². The van der Waals surface area contributed by atoms with E-state index in [-0.39, 0.29) is 0 Å². The van der Waals surface area contributed by atoms with Crippen LogP contribution < -0.4 is 10.6 Å². The summed E-state index contributed by atoms with van der Waals surface area (Å²) in [4.78, 5) is 9.03. The van der Waals surface area contributed by atoms with Gasteiger partial charge in [0.2, 0.25) is 0 Å². The lowest BCUT2D eigenvalue weighted by molar-refractivity contribution is 0.630. The lowest BCUT2D eigenvalue weighted by Crippen LogP contribution is -2.13. The van der Waals surface area contributed by atoms with Crippen molar-refractivity contribution in [1.82, 2.24) is 14.4 Å². The molecule has 0 spiro atoms. The summed E-state index contributed by atoms with van der Waals surface area (Å²) in [5.41, 5.74) is 1.27. The van der Waals surface area contributed by atoms with E-state index in [1.165, 1.54) is 6.42 Å². The smallest absolute Gasteiger partial charge is 0.180 e. The Kier molecular flexibility index (Phi) is 2.84. The minimum atomic E-state index is 0.373. The van der Waals surface area contributed by atoms with Gasteiger partial charge in [0, 0.05) is 25.0 Å². The highest BCUT2D eigenvalue weighted by Gasteiger charge is 2.46. The van der Waals surface area contributed by atoms with Gasteiger partial charge >= 0.3 is 0 Å². The highest BCUT2D eigenvalue weighted by molar-refractivity contribution is 5.66. The van der Waals surface area contributed by atoms with Crippen molar-refractivity contribution in [3.8, 4) is 0 Å². The molecule has 1 fully saturated rings. The molecule has 1 atom stereocenters. The first-order chi connectivity index (χ1) is 9.10. The lowest BCUT2D eigenvalue weighted by Gasteiger charge is -2.11. The fourth-order valence-electron chi connectivity index (χ4n) is 2.25. The minimum absolute atomic E-state index is 0.373. The van der Waals surface area contributed by atoms with E-state index in [9.17, 15) is 0 Å². The molecule has 0 amide bonds. The number of rotatable bonds is 5. The summed E-state index contributed by atoms with van der Waals surface area (Å²) in [6, 6.07) is 0.502. The molecule has 19 heavy (non-hydrogen) atoms. The molecule has 2 aromatic heterocycles. The van der Waals surface area contributed by atoms with Crippen molar-refractivity contribution in [3.05, 3.63) is 18.6 Å². The summed E-state index contributed by atoms with van der Waals surface area (Å²) >= 11 is 0. The Labute approximate surface area is 113 Å². The highest BCUT2D eigenvalue weighted by Crippen LogP contribution is 2.46. The third-order valence-corrected chi connectivity index (χ3v) is 3.75. The molecule has 1 saturated carbocycles. The standard InChI is InChI=1S/C14H21N5/c1-4-5-15-11-9-19-7-6-16-13(19)12(18-11)17-10-8-14(10,2)3/h6-7,9-10,15H,4-5,8H2,1-3H3,(H,17,18). The molecular weight excluding hydrogens is 238 g/mol. The average Bonchev–Trinajstić information content (AvgIpc) is 2.78. The third-order valence-electron chi connectivity index (χ3n) is 3.75. The number of hydrogen-bond donors (Lipinski definition) is 2. The van der Waals surface area contributed by atoms with E-state index < -0.39 is 0 Å². The van der Waals surface area contributed by atoms with Crippen LogP contribution in [0.25, 0.3) is 5.65 Å². The van der Waals surface area contributed by atoms with Gasteiger partial charge in [0.1, 0.15) is 5.82 Å². The Morgan fingerprint density at radius 1 is 1.47 bits per heavy atom. The normalized spacial score (nSPS) is 20.5. The van der Waals surface area contributed by atoms with E-state index in [0.29, 0.717) is 11.5 Å². The summed E-state index contributed by atoms with van der Waals surface area (Å²) in [7, 11) is 0. The van der Waals surface area contributed by atoms with E-state index in [0.717, 1.165) is 30.2 Å². The second kappa shape index (κ2) is 4.40. The number of nitrogens with zero attached hydrogens (tertiary/aromatic N) is 3. The third kappa shape index (κ3) is 2.37. The maximum Gasteiger partial charge on any atom is 0.180 e. The molecule has 102 valence electrons. The van der Waals surface area contributed by atoms with Crippen molar-refractivity contribution in [2.75, 3.05) is 17.2 Å². The van der Waals surface area contributed by atoms with Crippen molar-refractivity contribution in [3.63, 3.8) is 0 Å². The summed E-state index contributed by atoms with van der Waals surface area (Å²) in [5.74, 6) is 1.77. The molecule has 1 aliphatic carbocycles. The number of fused-ring (bicyclic) bond motifs is 1. The summed E-state index contributed by atoms with van der Waals surface area (Å²) in [5, 5.41) is 6.85. The molecule has 1 aliphatic rings. The first-order valence-corrected chi connectivity index (χ1v) is 6.94. The second-order valence-electron chi connectivity index (χ2n) is 5.95. The van der Waals surface area contributed by atoms with Crippen LogP contribution in [-0.4, -0.2) is 27.0 Å². The van der Waals surface area contributed by atoms with Gasteiger partial charge in [0.25, 0.3) is 0 Å². The molecule has 2 heterocycles. The fourth-order valence-corrected chi connectivity index (χ4v) is 2.25. The average molecular weight is 259 g/mol. The van der Waals surface area contributed by atoms with E-state index >= 15 is 0 Å². The molecule has 0 saturated heterocycles. The molecular formula is C14H21N5. The van der Waals surface area contributed by atoms with Crippen molar-refractivity contribution < 1.29 is 0 Å². The molecule has 1 unspecified atom stereocenters. The number of anilines is 2. The van der Waals surface area contributed by atoms with Crippen LogP contribution in [0.15, 0.2) is 18.6 Å². The number of imidazole rings is 1. The summed E-state index contributed by atoms with van der Waals surface area (Å²) in [6.07, 6.45) is 8.03. The van der Waals surface area contributed by atoms with Gasteiger partial charge in [0.15, 0.2) is 11.5 Å². The van der Waals surface area contributed by atoms with Crippen LogP contribution in [0.3, 0.4) is 0 Å². The Bertz CT molecular complexity index is 587. The first kappa shape index (κ1) is 12.3.